The van der Waals surface area contributed by atoms with E-state index in [2.05, 4.69) is 5.32 Å². The Morgan fingerprint density at radius 1 is 1.36 bits per heavy atom. The van der Waals surface area contributed by atoms with E-state index in [0.29, 0.717) is 19.4 Å². The zero-order chi connectivity index (χ0) is 9.97. The third-order valence-corrected chi connectivity index (χ3v) is 3.07. The predicted molar refractivity (Wildman–Crippen MR) is 51.7 cm³/mol. The number of carbonyl (C=O) groups excluding carboxylic acids is 1. The lowest BCUT2D eigenvalue weighted by molar-refractivity contribution is -0.136. The number of hydrogen-bond donors (Lipinski definition) is 1. The van der Waals surface area contributed by atoms with Gasteiger partial charge in [0.2, 0.25) is 5.91 Å². The van der Waals surface area contributed by atoms with E-state index in [-0.39, 0.29) is 11.9 Å². The molecule has 0 unspecified atom stereocenters. The number of amides is 1. The Labute approximate surface area is 83.6 Å². The first-order valence-corrected chi connectivity index (χ1v) is 5.41. The van der Waals surface area contributed by atoms with Gasteiger partial charge in [-0.1, -0.05) is 0 Å². The van der Waals surface area contributed by atoms with E-state index in [9.17, 15) is 9.18 Å². The van der Waals surface area contributed by atoms with Crippen molar-refractivity contribution in [2.24, 2.45) is 0 Å². The van der Waals surface area contributed by atoms with Gasteiger partial charge in [-0.25, -0.2) is 4.39 Å². The number of rotatable bonds is 1. The Balaban J connectivity index is 1.94. The fraction of sp³-hybridized carbons (Fsp3) is 0.900. The Hall–Kier alpha value is -0.640. The third kappa shape index (κ3) is 2.05. The van der Waals surface area contributed by atoms with Crippen molar-refractivity contribution in [1.82, 2.24) is 10.2 Å². The third-order valence-electron chi connectivity index (χ3n) is 3.07. The quantitative estimate of drug-likeness (QED) is 0.675. The largest absolute Gasteiger partial charge is 0.338 e. The van der Waals surface area contributed by atoms with Crippen molar-refractivity contribution in [2.45, 2.75) is 37.9 Å². The molecule has 2 atom stereocenters. The van der Waals surface area contributed by atoms with Crippen LogP contribution in [0.25, 0.3) is 0 Å². The maximum atomic E-state index is 13.1. The van der Waals surface area contributed by atoms with Gasteiger partial charge in [-0.3, -0.25) is 4.79 Å². The van der Waals surface area contributed by atoms with Gasteiger partial charge in [0.15, 0.2) is 0 Å². The SMILES string of the molecule is O=C1CCCCN1[C@H]1CNC[C@@H](F)C1. The summed E-state index contributed by atoms with van der Waals surface area (Å²) in [5.74, 6) is 0.206. The lowest BCUT2D eigenvalue weighted by atomic mass is 10.0. The van der Waals surface area contributed by atoms with Crippen molar-refractivity contribution in [3.05, 3.63) is 0 Å². The Kier molecular flexibility index (Phi) is 3.01. The molecule has 1 amide bonds. The molecule has 1 N–H and O–H groups in total. The molecule has 0 spiro atoms. The highest BCUT2D eigenvalue weighted by atomic mass is 19.1. The van der Waals surface area contributed by atoms with E-state index in [1.165, 1.54) is 0 Å². The normalized spacial score (nSPS) is 34.6. The van der Waals surface area contributed by atoms with Crippen molar-refractivity contribution < 1.29 is 9.18 Å². The molecular weight excluding hydrogens is 183 g/mol. The van der Waals surface area contributed by atoms with E-state index >= 15 is 0 Å². The van der Waals surface area contributed by atoms with Gasteiger partial charge in [0, 0.05) is 38.5 Å². The highest BCUT2D eigenvalue weighted by Crippen LogP contribution is 2.19. The second-order valence-corrected chi connectivity index (χ2v) is 4.19. The number of hydrogen-bond acceptors (Lipinski definition) is 2. The first-order chi connectivity index (χ1) is 6.77. The average molecular weight is 200 g/mol. The standard InChI is InChI=1S/C10H17FN2O/c11-8-5-9(7-12-6-8)13-4-2-1-3-10(13)14/h8-9,12H,1-7H2/t8-,9+/m0/s1. The molecule has 0 aromatic heterocycles. The molecule has 14 heavy (non-hydrogen) atoms. The summed E-state index contributed by atoms with van der Waals surface area (Å²) in [6, 6.07) is 0.0894. The van der Waals surface area contributed by atoms with Crippen LogP contribution in [0.5, 0.6) is 0 Å². The molecule has 3 nitrogen and oxygen atoms in total. The van der Waals surface area contributed by atoms with Gasteiger partial charge in [-0.05, 0) is 12.8 Å². The van der Waals surface area contributed by atoms with Gasteiger partial charge < -0.3 is 10.2 Å². The van der Waals surface area contributed by atoms with E-state index in [1.54, 1.807) is 0 Å². The summed E-state index contributed by atoms with van der Waals surface area (Å²) in [6.45, 7) is 2.02. The van der Waals surface area contributed by atoms with Gasteiger partial charge in [0.25, 0.3) is 0 Å². The number of carbonyl (C=O) groups is 1. The summed E-state index contributed by atoms with van der Waals surface area (Å²) in [4.78, 5) is 13.4. The van der Waals surface area contributed by atoms with Crippen LogP contribution in [0.15, 0.2) is 0 Å². The Morgan fingerprint density at radius 2 is 2.21 bits per heavy atom. The average Bonchev–Trinajstić information content (AvgIpc) is 2.18. The molecule has 0 bridgehead atoms. The van der Waals surface area contributed by atoms with Crippen molar-refractivity contribution in [3.8, 4) is 0 Å². The molecule has 2 saturated heterocycles. The van der Waals surface area contributed by atoms with Crippen LogP contribution in [-0.4, -0.2) is 42.7 Å². The Morgan fingerprint density at radius 3 is 2.93 bits per heavy atom. The first-order valence-electron chi connectivity index (χ1n) is 5.41. The van der Waals surface area contributed by atoms with E-state index < -0.39 is 6.17 Å². The van der Waals surface area contributed by atoms with Crippen LogP contribution < -0.4 is 5.32 Å². The van der Waals surface area contributed by atoms with Gasteiger partial charge in [-0.2, -0.15) is 0 Å². The number of nitrogens with one attached hydrogen (secondary N) is 1. The highest BCUT2D eigenvalue weighted by molar-refractivity contribution is 5.77. The topological polar surface area (TPSA) is 32.3 Å². The lowest BCUT2D eigenvalue weighted by Gasteiger charge is -2.38. The minimum atomic E-state index is -0.788. The fourth-order valence-electron chi connectivity index (χ4n) is 2.32. The number of likely N-dealkylation sites (tertiary alicyclic amines) is 1. The minimum Gasteiger partial charge on any atom is -0.338 e. The summed E-state index contributed by atoms with van der Waals surface area (Å²) in [5.41, 5.74) is 0. The van der Waals surface area contributed by atoms with Crippen molar-refractivity contribution >= 4 is 5.91 Å². The van der Waals surface area contributed by atoms with Crippen molar-refractivity contribution in [1.29, 1.82) is 0 Å². The molecular formula is C10H17FN2O. The summed E-state index contributed by atoms with van der Waals surface area (Å²) >= 11 is 0. The van der Waals surface area contributed by atoms with Crippen LogP contribution in [0.2, 0.25) is 0 Å². The van der Waals surface area contributed by atoms with Gasteiger partial charge in [-0.15, -0.1) is 0 Å². The fourth-order valence-corrected chi connectivity index (χ4v) is 2.32. The van der Waals surface area contributed by atoms with E-state index in [4.69, 9.17) is 0 Å². The highest BCUT2D eigenvalue weighted by Gasteiger charge is 2.30. The van der Waals surface area contributed by atoms with Crippen molar-refractivity contribution in [2.75, 3.05) is 19.6 Å². The molecule has 2 rings (SSSR count). The van der Waals surface area contributed by atoms with Crippen LogP contribution in [-0.2, 0) is 4.79 Å². The number of halogens is 1. The van der Waals surface area contributed by atoms with Crippen LogP contribution in [0, 0.1) is 0 Å². The molecule has 0 radical (unpaired) electrons. The first kappa shape index (κ1) is 9.90. The van der Waals surface area contributed by atoms with Crippen LogP contribution in [0.1, 0.15) is 25.7 Å². The predicted octanol–water partition coefficient (Wildman–Crippen LogP) is 0.699. The molecule has 2 heterocycles. The number of piperidine rings is 2. The zero-order valence-corrected chi connectivity index (χ0v) is 8.34. The number of alkyl halides is 1. The maximum absolute atomic E-state index is 13.1. The second kappa shape index (κ2) is 4.26. The molecule has 2 aliphatic rings. The molecule has 4 heteroatoms. The van der Waals surface area contributed by atoms with Gasteiger partial charge in [0.05, 0.1) is 0 Å². The van der Waals surface area contributed by atoms with Gasteiger partial charge in [0.1, 0.15) is 6.17 Å². The molecule has 80 valence electrons. The molecule has 0 aliphatic carbocycles. The Bertz CT molecular complexity index is 222. The monoisotopic (exact) mass is 200 g/mol. The van der Waals surface area contributed by atoms with Crippen molar-refractivity contribution in [3.63, 3.8) is 0 Å². The smallest absolute Gasteiger partial charge is 0.222 e. The lowest BCUT2D eigenvalue weighted by Crippen LogP contribution is -2.53. The van der Waals surface area contributed by atoms with E-state index in [1.807, 2.05) is 4.90 Å². The molecule has 2 fully saturated rings. The van der Waals surface area contributed by atoms with Crippen LogP contribution >= 0.6 is 0 Å². The van der Waals surface area contributed by atoms with Crippen LogP contribution in [0.3, 0.4) is 0 Å². The second-order valence-electron chi connectivity index (χ2n) is 4.19. The minimum absolute atomic E-state index is 0.0894. The maximum Gasteiger partial charge on any atom is 0.222 e. The summed E-state index contributed by atoms with van der Waals surface area (Å²) in [5, 5.41) is 3.03. The molecule has 0 aromatic rings. The number of nitrogens with zero attached hydrogens (tertiary/aromatic N) is 1. The van der Waals surface area contributed by atoms with Crippen LogP contribution in [0.4, 0.5) is 4.39 Å². The van der Waals surface area contributed by atoms with Gasteiger partial charge >= 0.3 is 0 Å². The molecule has 0 saturated carbocycles. The van der Waals surface area contributed by atoms with E-state index in [0.717, 1.165) is 25.9 Å². The summed E-state index contributed by atoms with van der Waals surface area (Å²) in [7, 11) is 0. The zero-order valence-electron chi connectivity index (χ0n) is 8.34. The summed E-state index contributed by atoms with van der Waals surface area (Å²) < 4.78 is 13.1. The molecule has 2 aliphatic heterocycles. The molecule has 0 aromatic carbocycles. The summed E-state index contributed by atoms with van der Waals surface area (Å²) in [6.07, 6.45) is 2.43.